The van der Waals surface area contributed by atoms with Crippen LogP contribution in [0, 0.1) is 22.7 Å². The summed E-state index contributed by atoms with van der Waals surface area (Å²) in [4.78, 5) is 0. The summed E-state index contributed by atoms with van der Waals surface area (Å²) in [7, 11) is 0. The Morgan fingerprint density at radius 2 is 1.94 bits per heavy atom. The largest absolute Gasteiger partial charge is 0.396 e. The van der Waals surface area contributed by atoms with Crippen LogP contribution in [0.25, 0.3) is 0 Å². The average molecular weight is 238 g/mol. The third-order valence-electron chi connectivity index (χ3n) is 5.65. The van der Waals surface area contributed by atoms with Gasteiger partial charge in [0.15, 0.2) is 0 Å². The van der Waals surface area contributed by atoms with Crippen molar-refractivity contribution in [2.45, 2.75) is 52.6 Å². The number of aliphatic hydroxyl groups excluding tert-OH is 2. The molecule has 0 radical (unpaired) electrons. The van der Waals surface area contributed by atoms with Crippen LogP contribution in [-0.2, 0) is 0 Å². The zero-order chi connectivity index (χ0) is 12.8. The van der Waals surface area contributed by atoms with Gasteiger partial charge in [-0.3, -0.25) is 0 Å². The Morgan fingerprint density at radius 3 is 2.53 bits per heavy atom. The summed E-state index contributed by atoms with van der Waals surface area (Å²) in [5.74, 6) is 0.553. The first-order chi connectivity index (χ1) is 7.84. The van der Waals surface area contributed by atoms with Crippen molar-refractivity contribution in [2.24, 2.45) is 22.7 Å². The van der Waals surface area contributed by atoms with Crippen molar-refractivity contribution in [2.75, 3.05) is 6.61 Å². The van der Waals surface area contributed by atoms with Crippen LogP contribution in [0.4, 0.5) is 0 Å². The maximum absolute atomic E-state index is 10.5. The molecule has 2 aliphatic rings. The van der Waals surface area contributed by atoms with E-state index in [1.54, 1.807) is 0 Å². The Bertz CT molecular complexity index is 321. The molecule has 0 heterocycles. The lowest BCUT2D eigenvalue weighted by molar-refractivity contribution is -0.144. The second-order valence-electron chi connectivity index (χ2n) is 6.89. The van der Waals surface area contributed by atoms with Crippen LogP contribution < -0.4 is 0 Å². The summed E-state index contributed by atoms with van der Waals surface area (Å²) in [6, 6.07) is 0. The molecule has 0 aliphatic heterocycles. The van der Waals surface area contributed by atoms with E-state index < -0.39 is 0 Å². The molecule has 0 amide bonds. The van der Waals surface area contributed by atoms with Gasteiger partial charge in [-0.25, -0.2) is 0 Å². The molecule has 0 aromatic carbocycles. The van der Waals surface area contributed by atoms with Crippen molar-refractivity contribution in [1.82, 2.24) is 0 Å². The molecule has 2 nitrogen and oxygen atoms in total. The summed E-state index contributed by atoms with van der Waals surface area (Å²) < 4.78 is 0. The van der Waals surface area contributed by atoms with E-state index in [0.717, 1.165) is 31.3 Å². The molecule has 0 saturated heterocycles. The Labute approximate surface area is 105 Å². The van der Waals surface area contributed by atoms with Gasteiger partial charge in [0.05, 0.1) is 12.7 Å². The highest BCUT2D eigenvalue weighted by molar-refractivity contribution is 5.17. The summed E-state index contributed by atoms with van der Waals surface area (Å²) in [5, 5.41) is 20.1. The fourth-order valence-electron chi connectivity index (χ4n) is 4.51. The first kappa shape index (κ1) is 13.1. The van der Waals surface area contributed by atoms with Gasteiger partial charge in [0.1, 0.15) is 0 Å². The van der Waals surface area contributed by atoms with E-state index in [2.05, 4.69) is 27.4 Å². The van der Waals surface area contributed by atoms with E-state index in [9.17, 15) is 10.2 Å². The lowest BCUT2D eigenvalue weighted by Crippen LogP contribution is -2.57. The SMILES string of the molecule is C=C1CC[C@H]2C(C)(C)CC[C@@H](O)[C@]2(C)[C@H]1CO. The average Bonchev–Trinajstić information content (AvgIpc) is 2.24. The smallest absolute Gasteiger partial charge is 0.0603 e. The Balaban J connectivity index is 2.42. The highest BCUT2D eigenvalue weighted by Gasteiger charge is 2.56. The zero-order valence-electron chi connectivity index (χ0n) is 11.4. The molecule has 98 valence electrons. The van der Waals surface area contributed by atoms with Crippen LogP contribution in [0.3, 0.4) is 0 Å². The lowest BCUT2D eigenvalue weighted by Gasteiger charge is -2.59. The van der Waals surface area contributed by atoms with Gasteiger partial charge in [0.25, 0.3) is 0 Å². The molecule has 2 fully saturated rings. The third kappa shape index (κ3) is 1.77. The summed E-state index contributed by atoms with van der Waals surface area (Å²) in [6.07, 6.45) is 3.75. The van der Waals surface area contributed by atoms with Gasteiger partial charge < -0.3 is 10.2 Å². The van der Waals surface area contributed by atoms with Crippen LogP contribution in [0.15, 0.2) is 12.2 Å². The van der Waals surface area contributed by atoms with E-state index in [0.29, 0.717) is 5.92 Å². The molecule has 0 aromatic rings. The van der Waals surface area contributed by atoms with E-state index in [1.807, 2.05) is 0 Å². The van der Waals surface area contributed by atoms with Gasteiger partial charge in [-0.2, -0.15) is 0 Å². The fraction of sp³-hybridized carbons (Fsp3) is 0.867. The van der Waals surface area contributed by atoms with E-state index in [1.165, 1.54) is 0 Å². The van der Waals surface area contributed by atoms with Crippen molar-refractivity contribution in [3.63, 3.8) is 0 Å². The Kier molecular flexibility index (Phi) is 3.16. The maximum atomic E-state index is 10.5. The highest BCUT2D eigenvalue weighted by Crippen LogP contribution is 2.60. The van der Waals surface area contributed by atoms with Crippen molar-refractivity contribution >= 4 is 0 Å². The third-order valence-corrected chi connectivity index (χ3v) is 5.65. The first-order valence-electron chi connectivity index (χ1n) is 6.80. The normalized spacial score (nSPS) is 45.5. The van der Waals surface area contributed by atoms with Gasteiger partial charge >= 0.3 is 0 Å². The van der Waals surface area contributed by atoms with E-state index >= 15 is 0 Å². The van der Waals surface area contributed by atoms with Crippen LogP contribution in [-0.4, -0.2) is 22.9 Å². The Hall–Kier alpha value is -0.340. The monoisotopic (exact) mass is 238 g/mol. The van der Waals surface area contributed by atoms with Gasteiger partial charge in [0.2, 0.25) is 0 Å². The zero-order valence-corrected chi connectivity index (χ0v) is 11.4. The fourth-order valence-corrected chi connectivity index (χ4v) is 4.51. The molecule has 4 atom stereocenters. The van der Waals surface area contributed by atoms with Gasteiger partial charge in [0, 0.05) is 11.3 Å². The predicted octanol–water partition coefficient (Wildman–Crippen LogP) is 2.75. The number of aliphatic hydroxyl groups is 2. The van der Waals surface area contributed by atoms with Gasteiger partial charge in [-0.15, -0.1) is 0 Å². The van der Waals surface area contributed by atoms with Crippen molar-refractivity contribution in [1.29, 1.82) is 0 Å². The number of hydrogen-bond donors (Lipinski definition) is 2. The quantitative estimate of drug-likeness (QED) is 0.690. The molecule has 2 saturated carbocycles. The summed E-state index contributed by atoms with van der Waals surface area (Å²) in [6.45, 7) is 11.0. The molecule has 2 aliphatic carbocycles. The highest BCUT2D eigenvalue weighted by atomic mass is 16.3. The topological polar surface area (TPSA) is 40.5 Å². The second-order valence-corrected chi connectivity index (χ2v) is 6.89. The molecule has 0 unspecified atom stereocenters. The van der Waals surface area contributed by atoms with Crippen LogP contribution in [0.5, 0.6) is 0 Å². The molecular weight excluding hydrogens is 212 g/mol. The second kappa shape index (κ2) is 4.10. The molecule has 2 heteroatoms. The minimum absolute atomic E-state index is 0.0656. The first-order valence-corrected chi connectivity index (χ1v) is 6.80. The molecule has 2 N–H and O–H groups in total. The molecule has 0 spiro atoms. The number of hydrogen-bond acceptors (Lipinski definition) is 2. The van der Waals surface area contributed by atoms with E-state index in [4.69, 9.17) is 0 Å². The molecule has 2 rings (SSSR count). The van der Waals surface area contributed by atoms with Crippen molar-refractivity contribution < 1.29 is 10.2 Å². The lowest BCUT2D eigenvalue weighted by atomic mass is 9.47. The number of fused-ring (bicyclic) bond motifs is 1. The van der Waals surface area contributed by atoms with Crippen molar-refractivity contribution in [3.05, 3.63) is 12.2 Å². The summed E-state index contributed by atoms with van der Waals surface area (Å²) in [5.41, 5.74) is 1.21. The molecular formula is C15H26O2. The van der Waals surface area contributed by atoms with Crippen LogP contribution >= 0.6 is 0 Å². The predicted molar refractivity (Wildman–Crippen MR) is 69.6 cm³/mol. The minimum Gasteiger partial charge on any atom is -0.396 e. The molecule has 0 aromatic heterocycles. The summed E-state index contributed by atoms with van der Waals surface area (Å²) >= 11 is 0. The van der Waals surface area contributed by atoms with Gasteiger partial charge in [-0.1, -0.05) is 32.9 Å². The number of rotatable bonds is 1. The molecule has 17 heavy (non-hydrogen) atoms. The van der Waals surface area contributed by atoms with E-state index in [-0.39, 0.29) is 29.5 Å². The maximum Gasteiger partial charge on any atom is 0.0603 e. The minimum atomic E-state index is -0.297. The van der Waals surface area contributed by atoms with Crippen LogP contribution in [0.1, 0.15) is 46.5 Å². The van der Waals surface area contributed by atoms with Crippen LogP contribution in [0.2, 0.25) is 0 Å². The standard InChI is InChI=1S/C15H26O2/c1-10-5-6-12-14(2,3)8-7-13(17)15(12,4)11(10)9-16/h11-13,16-17H,1,5-9H2,2-4H3/t11-,12-,13+,15+/m0/s1. The molecule has 0 bridgehead atoms. The Morgan fingerprint density at radius 1 is 1.29 bits per heavy atom. The van der Waals surface area contributed by atoms with Crippen molar-refractivity contribution in [3.8, 4) is 0 Å². The van der Waals surface area contributed by atoms with Gasteiger partial charge in [-0.05, 0) is 37.0 Å².